The molecular formula is C38H34N6O8Ru+. The van der Waals surface area contributed by atoms with E-state index in [0.29, 0.717) is 11.4 Å². The topological polar surface area (TPSA) is 221 Å². The minimum Gasteiger partial charge on any atom is -0.660 e. The van der Waals surface area contributed by atoms with Crippen LogP contribution >= 0.6 is 0 Å². The molecule has 0 fully saturated rings. The fourth-order valence-electron chi connectivity index (χ4n) is 3.88. The molecule has 6 heterocycles. The first-order chi connectivity index (χ1) is 25.1. The Bertz CT molecular complexity index is 1910. The summed E-state index contributed by atoms with van der Waals surface area (Å²) in [6.45, 7) is 8.06. The number of aromatic nitrogens is 6. The molecule has 0 aliphatic rings. The fourth-order valence-corrected chi connectivity index (χ4v) is 3.88. The molecule has 0 amide bonds. The smallest absolute Gasteiger partial charge is 0.660 e. The molecule has 6 rings (SSSR count). The Balaban J connectivity index is 0.000000692. The van der Waals surface area contributed by atoms with Gasteiger partial charge in [-0.1, -0.05) is 36.8 Å². The number of aromatic carboxylic acids is 2. The maximum absolute atomic E-state index is 10.8. The standard InChI is InChI=1S/C12H8N2O4.C11H11N2.C10H8N2.C3H7.2CO2.Ru/c15-11(16)7-1-3-13-9(5-7)10-6-8(12(17)18)2-4-14-10;1-8-7-9(2)13-11(8)10-5-3-4-6-12-10;1-3-7-11-9(5-1)10-6-2-4-8-12-10;1-3-2;2*2-1-3;/h1-6H,(H,15,16)(H,17,18);3-7H,1-2H3;1-8H;3H,1-2H3;;;/q;-1;;+1;;;+1. The molecule has 0 aromatic carbocycles. The largest absolute Gasteiger partial charge is 1.00 e. The number of carbonyl (C=O) groups excluding carboxylic acids is 4. The first kappa shape index (κ1) is 46.2. The molecule has 2 N–H and O–H groups in total. The van der Waals surface area contributed by atoms with Gasteiger partial charge in [-0.15, -0.1) is 5.69 Å². The zero-order valence-electron chi connectivity index (χ0n) is 28.9. The number of hydrogen-bond donors (Lipinski definition) is 2. The van der Waals surface area contributed by atoms with E-state index in [1.807, 2.05) is 81.8 Å². The fraction of sp³-hybridized carbons (Fsp3) is 0.105. The van der Waals surface area contributed by atoms with Crippen LogP contribution in [-0.4, -0.2) is 59.4 Å². The van der Waals surface area contributed by atoms with Gasteiger partial charge in [-0.25, -0.2) is 9.59 Å². The van der Waals surface area contributed by atoms with Gasteiger partial charge >= 0.3 is 43.7 Å². The van der Waals surface area contributed by atoms with E-state index >= 15 is 0 Å². The number of carbonyl (C=O) groups is 2. The maximum Gasteiger partial charge on any atom is 1.00 e. The minimum absolute atomic E-state index is 0. The molecule has 0 saturated heterocycles. The quantitative estimate of drug-likeness (QED) is 0.149. The summed E-state index contributed by atoms with van der Waals surface area (Å²) in [5.41, 5.74) is 6.80. The Labute approximate surface area is 318 Å². The predicted octanol–water partition coefficient (Wildman–Crippen LogP) is 6.07. The molecular weight excluding hydrogens is 770 g/mol. The predicted molar refractivity (Wildman–Crippen MR) is 187 cm³/mol. The van der Waals surface area contributed by atoms with Crippen LogP contribution in [-0.2, 0) is 38.7 Å². The third-order valence-corrected chi connectivity index (χ3v) is 5.86. The zero-order chi connectivity index (χ0) is 38.7. The summed E-state index contributed by atoms with van der Waals surface area (Å²) in [6, 6.07) is 24.9. The normalized spacial score (nSPS) is 8.68. The summed E-state index contributed by atoms with van der Waals surface area (Å²) >= 11 is 0. The van der Waals surface area contributed by atoms with Crippen LogP contribution in [0.5, 0.6) is 0 Å². The van der Waals surface area contributed by atoms with E-state index in [1.165, 1.54) is 42.2 Å². The average molecular weight is 804 g/mol. The monoisotopic (exact) mass is 804 g/mol. The van der Waals surface area contributed by atoms with Crippen LogP contribution in [0.4, 0.5) is 0 Å². The second-order valence-electron chi connectivity index (χ2n) is 9.79. The molecule has 6 aromatic rings. The molecule has 14 nitrogen and oxygen atoms in total. The number of aryl methyl sites for hydroxylation is 2. The van der Waals surface area contributed by atoms with Crippen molar-refractivity contribution in [3.63, 3.8) is 0 Å². The first-order valence-electron chi connectivity index (χ1n) is 15.0. The van der Waals surface area contributed by atoms with Gasteiger partial charge in [-0.3, -0.25) is 24.9 Å². The van der Waals surface area contributed by atoms with Crippen LogP contribution < -0.4 is 4.98 Å². The van der Waals surface area contributed by atoms with Crippen molar-refractivity contribution >= 4 is 24.2 Å². The summed E-state index contributed by atoms with van der Waals surface area (Å²) < 4.78 is 0. The third-order valence-electron chi connectivity index (χ3n) is 5.86. The summed E-state index contributed by atoms with van der Waals surface area (Å²) in [6.07, 6.45) is 10.5. The summed E-state index contributed by atoms with van der Waals surface area (Å²) in [4.78, 5) is 79.1. The van der Waals surface area contributed by atoms with Crippen molar-refractivity contribution in [2.24, 2.45) is 0 Å². The molecule has 1 radical (unpaired) electrons. The SMILES string of the molecule is C[CH+]C.Cc1cc(C)c(-c2ccccn2)[n-]1.O=C(O)c1ccnc(-c2cc(C(=O)O)ccn2)c1.O=C=O.O=C=O.[Ru+].c1ccc(-c2ccccn2)nc1. The number of carboxylic acids is 2. The number of carboxylic acid groups (broad SMARTS) is 2. The molecule has 53 heavy (non-hydrogen) atoms. The Kier molecular flexibility index (Phi) is 23.6. The van der Waals surface area contributed by atoms with Gasteiger partial charge in [0.2, 0.25) is 0 Å². The summed E-state index contributed by atoms with van der Waals surface area (Å²) in [7, 11) is 0. The first-order valence-corrected chi connectivity index (χ1v) is 15.0. The van der Waals surface area contributed by atoms with Gasteiger partial charge < -0.3 is 15.2 Å². The number of rotatable bonds is 5. The van der Waals surface area contributed by atoms with Gasteiger partial charge in [0, 0.05) is 36.7 Å². The molecule has 0 saturated carbocycles. The van der Waals surface area contributed by atoms with E-state index in [2.05, 4.69) is 42.9 Å². The average Bonchev–Trinajstić information content (AvgIpc) is 3.51. The van der Waals surface area contributed by atoms with Crippen molar-refractivity contribution in [3.05, 3.63) is 145 Å². The van der Waals surface area contributed by atoms with Crippen LogP contribution in [0.15, 0.2) is 116 Å². The van der Waals surface area contributed by atoms with E-state index in [-0.39, 0.29) is 42.9 Å². The molecule has 0 atom stereocenters. The molecule has 271 valence electrons. The molecule has 0 spiro atoms. The van der Waals surface area contributed by atoms with Gasteiger partial charge in [-0.2, -0.15) is 24.9 Å². The van der Waals surface area contributed by atoms with Gasteiger partial charge in [0.25, 0.3) is 0 Å². The Morgan fingerprint density at radius 1 is 0.566 bits per heavy atom. The molecule has 0 aliphatic heterocycles. The third kappa shape index (κ3) is 17.6. The van der Waals surface area contributed by atoms with Gasteiger partial charge in [0.05, 0.1) is 54.2 Å². The van der Waals surface area contributed by atoms with E-state index in [4.69, 9.17) is 29.4 Å². The van der Waals surface area contributed by atoms with E-state index < -0.39 is 11.9 Å². The zero-order valence-corrected chi connectivity index (χ0v) is 30.7. The van der Waals surface area contributed by atoms with Crippen LogP contribution in [0.25, 0.3) is 34.2 Å². The van der Waals surface area contributed by atoms with Crippen LogP contribution in [0.2, 0.25) is 0 Å². The molecule has 0 unspecified atom stereocenters. The number of nitrogens with zero attached hydrogens (tertiary/aromatic N) is 6. The van der Waals surface area contributed by atoms with Crippen molar-refractivity contribution in [2.45, 2.75) is 27.7 Å². The second-order valence-corrected chi connectivity index (χ2v) is 9.79. The Hall–Kier alpha value is -6.78. The van der Waals surface area contributed by atoms with Crippen molar-refractivity contribution in [3.8, 4) is 34.2 Å². The van der Waals surface area contributed by atoms with E-state index in [9.17, 15) is 9.59 Å². The second kappa shape index (κ2) is 27.0. The van der Waals surface area contributed by atoms with Crippen molar-refractivity contribution in [2.75, 3.05) is 0 Å². The van der Waals surface area contributed by atoms with Crippen molar-refractivity contribution in [1.29, 1.82) is 0 Å². The van der Waals surface area contributed by atoms with Crippen LogP contribution in [0.1, 0.15) is 45.8 Å². The van der Waals surface area contributed by atoms with E-state index in [1.54, 1.807) is 18.6 Å². The van der Waals surface area contributed by atoms with Gasteiger partial charge in [-0.05, 0) is 67.6 Å². The summed E-state index contributed by atoms with van der Waals surface area (Å²) in [5.74, 6) is -2.15. The maximum atomic E-state index is 10.8. The van der Waals surface area contributed by atoms with E-state index in [0.717, 1.165) is 28.5 Å². The molecule has 6 aromatic heterocycles. The molecule has 0 bridgehead atoms. The Morgan fingerprint density at radius 3 is 1.19 bits per heavy atom. The van der Waals surface area contributed by atoms with Crippen LogP contribution in [0, 0.1) is 20.3 Å². The molecule has 15 heteroatoms. The minimum atomic E-state index is -1.08. The Morgan fingerprint density at radius 2 is 0.906 bits per heavy atom. The number of pyridine rings is 5. The van der Waals surface area contributed by atoms with Gasteiger partial charge in [0.15, 0.2) is 0 Å². The molecule has 0 aliphatic carbocycles. The summed E-state index contributed by atoms with van der Waals surface area (Å²) in [5, 5.41) is 17.7. The van der Waals surface area contributed by atoms with Gasteiger partial charge in [0.1, 0.15) is 0 Å². The van der Waals surface area contributed by atoms with Crippen molar-refractivity contribution in [1.82, 2.24) is 29.9 Å². The number of hydrogen-bond acceptors (Lipinski definition) is 11. The van der Waals surface area contributed by atoms with Crippen LogP contribution in [0.3, 0.4) is 0 Å². The van der Waals surface area contributed by atoms with Crippen molar-refractivity contribution < 1.29 is 58.5 Å².